The van der Waals surface area contributed by atoms with E-state index in [-0.39, 0.29) is 13.2 Å². The lowest BCUT2D eigenvalue weighted by Gasteiger charge is -2.04. The van der Waals surface area contributed by atoms with E-state index in [1.54, 1.807) is 6.07 Å². The Hall–Kier alpha value is -1.00. The molecular formula is C10H14N2O2. The fraction of sp³-hybridized carbons (Fsp3) is 0.600. The van der Waals surface area contributed by atoms with E-state index in [0.29, 0.717) is 11.4 Å². The van der Waals surface area contributed by atoms with E-state index in [2.05, 4.69) is 9.97 Å². The first-order valence-corrected chi connectivity index (χ1v) is 4.89. The minimum Gasteiger partial charge on any atom is -0.390 e. The molecule has 2 N–H and O–H groups in total. The fourth-order valence-electron chi connectivity index (χ4n) is 1.45. The zero-order valence-electron chi connectivity index (χ0n) is 7.98. The molecule has 0 amide bonds. The number of aromatic nitrogens is 2. The van der Waals surface area contributed by atoms with Crippen LogP contribution in [0.3, 0.4) is 0 Å². The van der Waals surface area contributed by atoms with Crippen LogP contribution in [0, 0.1) is 5.92 Å². The fourth-order valence-corrected chi connectivity index (χ4v) is 1.45. The van der Waals surface area contributed by atoms with E-state index in [1.165, 1.54) is 12.8 Å². The van der Waals surface area contributed by atoms with E-state index < -0.39 is 0 Å². The molecule has 1 heterocycles. The Balaban J connectivity index is 2.19. The van der Waals surface area contributed by atoms with Crippen LogP contribution in [-0.4, -0.2) is 20.2 Å². The topological polar surface area (TPSA) is 66.2 Å². The number of aliphatic hydroxyl groups excluding tert-OH is 2. The Bertz CT molecular complexity index is 302. The number of aliphatic hydroxyl groups is 2. The van der Waals surface area contributed by atoms with Crippen molar-refractivity contribution in [3.8, 4) is 0 Å². The van der Waals surface area contributed by atoms with Crippen molar-refractivity contribution in [1.82, 2.24) is 9.97 Å². The Morgan fingerprint density at radius 1 is 1.14 bits per heavy atom. The third kappa shape index (κ3) is 2.27. The van der Waals surface area contributed by atoms with Crippen molar-refractivity contribution in [3.63, 3.8) is 0 Å². The van der Waals surface area contributed by atoms with Gasteiger partial charge in [0.15, 0.2) is 0 Å². The molecule has 1 fully saturated rings. The molecule has 1 saturated carbocycles. The molecule has 4 nitrogen and oxygen atoms in total. The van der Waals surface area contributed by atoms with E-state index in [1.807, 2.05) is 0 Å². The normalized spacial score (nSPS) is 15.9. The molecule has 0 aromatic carbocycles. The molecule has 1 aromatic heterocycles. The van der Waals surface area contributed by atoms with Gasteiger partial charge in [0.05, 0.1) is 24.6 Å². The molecule has 1 aliphatic rings. The van der Waals surface area contributed by atoms with E-state index in [9.17, 15) is 0 Å². The van der Waals surface area contributed by atoms with Crippen molar-refractivity contribution >= 4 is 0 Å². The van der Waals surface area contributed by atoms with Gasteiger partial charge in [-0.25, -0.2) is 9.97 Å². The van der Waals surface area contributed by atoms with Gasteiger partial charge >= 0.3 is 0 Å². The maximum absolute atomic E-state index is 8.96. The van der Waals surface area contributed by atoms with Crippen LogP contribution in [0.2, 0.25) is 0 Å². The highest BCUT2D eigenvalue weighted by molar-refractivity contribution is 5.11. The summed E-state index contributed by atoms with van der Waals surface area (Å²) in [6.07, 6.45) is 3.38. The summed E-state index contributed by atoms with van der Waals surface area (Å²) in [5, 5.41) is 17.9. The van der Waals surface area contributed by atoms with Crippen molar-refractivity contribution in [2.24, 2.45) is 5.92 Å². The summed E-state index contributed by atoms with van der Waals surface area (Å²) < 4.78 is 0. The van der Waals surface area contributed by atoms with Gasteiger partial charge in [-0.3, -0.25) is 0 Å². The van der Waals surface area contributed by atoms with Gasteiger partial charge < -0.3 is 10.2 Å². The molecule has 4 heteroatoms. The quantitative estimate of drug-likeness (QED) is 0.728. The van der Waals surface area contributed by atoms with Gasteiger partial charge in [-0.1, -0.05) is 0 Å². The summed E-state index contributed by atoms with van der Waals surface area (Å²) in [5.74, 6) is 1.47. The highest BCUT2D eigenvalue weighted by Gasteiger charge is 2.23. The van der Waals surface area contributed by atoms with Crippen molar-refractivity contribution in [3.05, 3.63) is 23.3 Å². The number of hydrogen-bond acceptors (Lipinski definition) is 4. The van der Waals surface area contributed by atoms with Gasteiger partial charge in [0.25, 0.3) is 0 Å². The van der Waals surface area contributed by atoms with Gasteiger partial charge in [-0.05, 0) is 24.8 Å². The summed E-state index contributed by atoms with van der Waals surface area (Å²) in [5.41, 5.74) is 1.19. The van der Waals surface area contributed by atoms with Crippen molar-refractivity contribution in [2.75, 3.05) is 0 Å². The van der Waals surface area contributed by atoms with Crippen LogP contribution < -0.4 is 0 Å². The smallest absolute Gasteiger partial charge is 0.129 e. The minimum absolute atomic E-state index is 0.0901. The molecule has 0 saturated heterocycles. The molecule has 0 bridgehead atoms. The molecule has 14 heavy (non-hydrogen) atoms. The molecule has 2 rings (SSSR count). The first-order valence-electron chi connectivity index (χ1n) is 4.89. The van der Waals surface area contributed by atoms with Crippen LogP contribution in [-0.2, 0) is 19.6 Å². The van der Waals surface area contributed by atoms with Gasteiger partial charge in [0.1, 0.15) is 5.82 Å². The van der Waals surface area contributed by atoms with Crippen LogP contribution in [0.1, 0.15) is 30.1 Å². The minimum atomic E-state index is -0.0901. The molecule has 76 valence electrons. The van der Waals surface area contributed by atoms with Crippen LogP contribution in [0.5, 0.6) is 0 Å². The van der Waals surface area contributed by atoms with Gasteiger partial charge in [-0.2, -0.15) is 0 Å². The zero-order valence-corrected chi connectivity index (χ0v) is 7.98. The second-order valence-electron chi connectivity index (χ2n) is 3.73. The molecule has 0 radical (unpaired) electrons. The Kier molecular flexibility index (Phi) is 2.74. The van der Waals surface area contributed by atoms with Gasteiger partial charge in [0, 0.05) is 6.42 Å². The predicted molar refractivity (Wildman–Crippen MR) is 50.3 cm³/mol. The summed E-state index contributed by atoms with van der Waals surface area (Å²) in [7, 11) is 0. The first-order chi connectivity index (χ1) is 6.81. The second kappa shape index (κ2) is 4.02. The standard InChI is InChI=1S/C10H14N2O2/c13-5-8-4-9(6-14)12-10(11-8)3-7-1-2-7/h4,7,13-14H,1-3,5-6H2. The summed E-state index contributed by atoms with van der Waals surface area (Å²) in [6, 6.07) is 1.64. The largest absolute Gasteiger partial charge is 0.390 e. The number of nitrogens with zero attached hydrogens (tertiary/aromatic N) is 2. The highest BCUT2D eigenvalue weighted by Crippen LogP contribution is 2.31. The Morgan fingerprint density at radius 3 is 2.14 bits per heavy atom. The molecule has 0 aliphatic heterocycles. The van der Waals surface area contributed by atoms with E-state index in [0.717, 1.165) is 18.2 Å². The summed E-state index contributed by atoms with van der Waals surface area (Å²) >= 11 is 0. The molecule has 0 spiro atoms. The third-order valence-corrected chi connectivity index (χ3v) is 2.37. The van der Waals surface area contributed by atoms with Crippen LogP contribution in [0.4, 0.5) is 0 Å². The number of rotatable bonds is 4. The van der Waals surface area contributed by atoms with Crippen molar-refractivity contribution in [1.29, 1.82) is 0 Å². The molecule has 0 unspecified atom stereocenters. The van der Waals surface area contributed by atoms with Gasteiger partial charge in [0.2, 0.25) is 0 Å². The van der Waals surface area contributed by atoms with E-state index >= 15 is 0 Å². The molecule has 1 aliphatic carbocycles. The molecular weight excluding hydrogens is 180 g/mol. The lowest BCUT2D eigenvalue weighted by molar-refractivity contribution is 0.267. The van der Waals surface area contributed by atoms with Crippen LogP contribution in [0.25, 0.3) is 0 Å². The first kappa shape index (κ1) is 9.55. The summed E-state index contributed by atoms with van der Waals surface area (Å²) in [6.45, 7) is -0.180. The Morgan fingerprint density at radius 2 is 1.71 bits per heavy atom. The third-order valence-electron chi connectivity index (χ3n) is 2.37. The molecule has 0 atom stereocenters. The lowest BCUT2D eigenvalue weighted by Crippen LogP contribution is -2.04. The average Bonchev–Trinajstić information content (AvgIpc) is 3.01. The van der Waals surface area contributed by atoms with Crippen molar-refractivity contribution in [2.45, 2.75) is 32.5 Å². The maximum Gasteiger partial charge on any atom is 0.129 e. The lowest BCUT2D eigenvalue weighted by atomic mass is 10.2. The monoisotopic (exact) mass is 194 g/mol. The second-order valence-corrected chi connectivity index (χ2v) is 3.73. The highest BCUT2D eigenvalue weighted by atomic mass is 16.3. The zero-order chi connectivity index (χ0) is 9.97. The average molecular weight is 194 g/mol. The van der Waals surface area contributed by atoms with Crippen LogP contribution in [0.15, 0.2) is 6.07 Å². The molecule has 1 aromatic rings. The van der Waals surface area contributed by atoms with Crippen LogP contribution >= 0.6 is 0 Å². The van der Waals surface area contributed by atoms with E-state index in [4.69, 9.17) is 10.2 Å². The summed E-state index contributed by atoms with van der Waals surface area (Å²) in [4.78, 5) is 8.42. The number of hydrogen-bond donors (Lipinski definition) is 2. The van der Waals surface area contributed by atoms with Crippen molar-refractivity contribution < 1.29 is 10.2 Å². The predicted octanol–water partition coefficient (Wildman–Crippen LogP) is 0.414. The maximum atomic E-state index is 8.96. The van der Waals surface area contributed by atoms with Gasteiger partial charge in [-0.15, -0.1) is 0 Å². The Labute approximate surface area is 82.6 Å². The SMILES string of the molecule is OCc1cc(CO)nc(CC2CC2)n1.